The van der Waals surface area contributed by atoms with E-state index in [9.17, 15) is 10.1 Å². The van der Waals surface area contributed by atoms with E-state index in [1.54, 1.807) is 12.4 Å². The van der Waals surface area contributed by atoms with Crippen molar-refractivity contribution in [2.45, 2.75) is 82.9 Å². The number of fused-ring (bicyclic) bond motifs is 3. The highest BCUT2D eigenvalue weighted by molar-refractivity contribution is 5.87. The van der Waals surface area contributed by atoms with Crippen molar-refractivity contribution >= 4 is 23.4 Å². The molecule has 10 heteroatoms. The molecule has 0 N–H and O–H groups in total. The van der Waals surface area contributed by atoms with Crippen LogP contribution in [0.4, 0.5) is 17.5 Å². The minimum absolute atomic E-state index is 0.0167. The number of aromatic nitrogens is 4. The van der Waals surface area contributed by atoms with E-state index in [0.29, 0.717) is 24.0 Å². The molecule has 2 aromatic heterocycles. The first-order valence-corrected chi connectivity index (χ1v) is 14.0. The van der Waals surface area contributed by atoms with E-state index in [1.807, 2.05) is 18.7 Å². The summed E-state index contributed by atoms with van der Waals surface area (Å²) >= 11 is 0. The van der Waals surface area contributed by atoms with Crippen LogP contribution in [0.5, 0.6) is 0 Å². The van der Waals surface area contributed by atoms with E-state index in [4.69, 9.17) is 14.7 Å². The van der Waals surface area contributed by atoms with Crippen molar-refractivity contribution in [1.82, 2.24) is 24.8 Å². The van der Waals surface area contributed by atoms with Crippen molar-refractivity contribution in [3.05, 3.63) is 30.0 Å². The monoisotopic (exact) mass is 516 g/mol. The Morgan fingerprint density at radius 2 is 1.79 bits per heavy atom. The number of carbonyl (C=O) groups excluding carboxylic acids is 1. The van der Waals surface area contributed by atoms with Crippen LogP contribution in [0, 0.1) is 17.2 Å². The second-order valence-corrected chi connectivity index (χ2v) is 11.4. The number of carbonyl (C=O) groups is 1. The molecule has 38 heavy (non-hydrogen) atoms. The lowest BCUT2D eigenvalue weighted by molar-refractivity contribution is -0.158. The second kappa shape index (κ2) is 9.16. The molecule has 1 spiro atoms. The van der Waals surface area contributed by atoms with Gasteiger partial charge in [0.1, 0.15) is 47.5 Å². The number of rotatable bonds is 3. The molecule has 2 saturated carbocycles. The van der Waals surface area contributed by atoms with Gasteiger partial charge in [0.2, 0.25) is 0 Å². The zero-order chi connectivity index (χ0) is 26.7. The average molecular weight is 517 g/mol. The third kappa shape index (κ3) is 3.58. The molecule has 200 valence electrons. The summed E-state index contributed by atoms with van der Waals surface area (Å²) in [6.45, 7) is 11.2. The van der Waals surface area contributed by atoms with Gasteiger partial charge in [0.25, 0.3) is 5.91 Å². The molecule has 4 aliphatic heterocycles. The Balaban J connectivity index is 0.00000129. The molecule has 8 rings (SSSR count). The van der Waals surface area contributed by atoms with Crippen LogP contribution in [-0.4, -0.2) is 74.7 Å². The summed E-state index contributed by atoms with van der Waals surface area (Å²) in [5.74, 6) is 3.28. The number of ether oxygens (including phenoxy) is 1. The third-order valence-corrected chi connectivity index (χ3v) is 9.15. The molecule has 0 aromatic carbocycles. The molecule has 2 aliphatic carbocycles. The molecule has 0 radical (unpaired) electrons. The van der Waals surface area contributed by atoms with Crippen molar-refractivity contribution in [1.29, 1.82) is 5.26 Å². The van der Waals surface area contributed by atoms with E-state index in [0.717, 1.165) is 57.0 Å². The Kier molecular flexibility index (Phi) is 6.02. The number of amides is 1. The molecule has 10 nitrogen and oxygen atoms in total. The quantitative estimate of drug-likeness (QED) is 0.606. The van der Waals surface area contributed by atoms with Gasteiger partial charge in [0, 0.05) is 48.8 Å². The normalized spacial score (nSPS) is 30.1. The molecule has 3 saturated heterocycles. The Morgan fingerprint density at radius 3 is 2.45 bits per heavy atom. The van der Waals surface area contributed by atoms with Crippen LogP contribution in [0.3, 0.4) is 0 Å². The first-order chi connectivity index (χ1) is 18.4. The van der Waals surface area contributed by atoms with E-state index in [2.05, 4.69) is 39.7 Å². The molecule has 2 aromatic rings. The highest BCUT2D eigenvalue weighted by atomic mass is 16.5. The minimum atomic E-state index is -0.562. The van der Waals surface area contributed by atoms with Gasteiger partial charge in [0.05, 0.1) is 6.61 Å². The van der Waals surface area contributed by atoms with Crippen molar-refractivity contribution in [3.8, 4) is 6.07 Å². The maximum atomic E-state index is 13.5. The van der Waals surface area contributed by atoms with E-state index in [-0.39, 0.29) is 23.4 Å². The fraction of sp³-hybridized carbons (Fsp3) is 0.643. The molecule has 2 bridgehead atoms. The smallest absolute Gasteiger partial charge is 0.255 e. The summed E-state index contributed by atoms with van der Waals surface area (Å²) in [5, 5.41) is 9.35. The first kappa shape index (κ1) is 25.0. The van der Waals surface area contributed by atoms with Crippen molar-refractivity contribution in [3.63, 3.8) is 0 Å². The lowest BCUT2D eigenvalue weighted by Gasteiger charge is -2.49. The van der Waals surface area contributed by atoms with Crippen molar-refractivity contribution in [2.24, 2.45) is 5.92 Å². The van der Waals surface area contributed by atoms with E-state index < -0.39 is 5.60 Å². The molecule has 0 unspecified atom stereocenters. The predicted octanol–water partition coefficient (Wildman–Crippen LogP) is 3.34. The number of piperazine rings is 1. The zero-order valence-electron chi connectivity index (χ0n) is 22.7. The maximum Gasteiger partial charge on any atom is 0.255 e. The van der Waals surface area contributed by atoms with Crippen LogP contribution < -0.4 is 9.80 Å². The first-order valence-electron chi connectivity index (χ1n) is 14.0. The second-order valence-electron chi connectivity index (χ2n) is 11.4. The fourth-order valence-electron chi connectivity index (χ4n) is 7.07. The fourth-order valence-corrected chi connectivity index (χ4v) is 7.07. The highest BCUT2D eigenvalue weighted by Crippen LogP contribution is 2.56. The Bertz CT molecular complexity index is 1280. The van der Waals surface area contributed by atoms with Gasteiger partial charge in [-0.05, 0) is 45.4 Å². The largest absolute Gasteiger partial charge is 0.365 e. The average Bonchev–Trinajstić information content (AvgIpc) is 3.62. The number of hydrogen-bond donors (Lipinski definition) is 0. The number of hydrogen-bond acceptors (Lipinski definition) is 9. The van der Waals surface area contributed by atoms with Gasteiger partial charge >= 0.3 is 0 Å². The molecule has 6 heterocycles. The molecular weight excluding hydrogens is 480 g/mol. The molecule has 2 atom stereocenters. The van der Waals surface area contributed by atoms with Crippen LogP contribution in [0.2, 0.25) is 0 Å². The van der Waals surface area contributed by atoms with Crippen molar-refractivity contribution < 1.29 is 9.53 Å². The topological polar surface area (TPSA) is 111 Å². The summed E-state index contributed by atoms with van der Waals surface area (Å²) in [5.41, 5.74) is 0.952. The molecule has 6 aliphatic rings. The summed E-state index contributed by atoms with van der Waals surface area (Å²) < 4.78 is 5.94. The number of anilines is 3. The summed E-state index contributed by atoms with van der Waals surface area (Å²) in [7, 11) is 0. The van der Waals surface area contributed by atoms with E-state index >= 15 is 0 Å². The van der Waals surface area contributed by atoms with E-state index in [1.165, 1.54) is 18.3 Å². The van der Waals surface area contributed by atoms with Crippen LogP contribution in [0.25, 0.3) is 0 Å². The van der Waals surface area contributed by atoms with Gasteiger partial charge < -0.3 is 19.4 Å². The van der Waals surface area contributed by atoms with Gasteiger partial charge in [-0.2, -0.15) is 5.26 Å². The lowest BCUT2D eigenvalue weighted by Crippen LogP contribution is -2.64. The van der Waals surface area contributed by atoms with Gasteiger partial charge in [-0.15, -0.1) is 0 Å². The van der Waals surface area contributed by atoms with Gasteiger partial charge in [0.15, 0.2) is 0 Å². The summed E-state index contributed by atoms with van der Waals surface area (Å²) in [6.07, 6.45) is 8.17. The molecule has 1 amide bonds. The zero-order valence-corrected chi connectivity index (χ0v) is 22.7. The minimum Gasteiger partial charge on any atom is -0.365 e. The Labute approximate surface area is 224 Å². The standard InChI is InChI=1S/C26H30N8O2.C2H6/c1-16-11-33(24(35)26-7-18(8-26)12-36-26)17(2)10-32(16)22-21-23(31-15-30-22)34(13-25(21)4-3-5-25)20-6-19(9-27)28-14-29-20;1-2/h6,14-18H,3-5,7-8,10-13H2,1-2H3;1-2H3/t16-,17+,18?,26?;/m0./s1. The van der Waals surface area contributed by atoms with Crippen LogP contribution in [0.15, 0.2) is 18.7 Å². The predicted molar refractivity (Wildman–Crippen MR) is 142 cm³/mol. The number of nitrogens with zero attached hydrogens (tertiary/aromatic N) is 8. The molecular formula is C28H36N8O2. The SMILES string of the molecule is CC.C[C@@H]1CN(c2ncnc3c2C2(CCC2)CN3c2cc(C#N)ncn2)[C@@H](C)CN1C(=O)C12CC(CO1)C2. The molecule has 5 fully saturated rings. The van der Waals surface area contributed by atoms with Crippen LogP contribution in [0.1, 0.15) is 71.1 Å². The highest BCUT2D eigenvalue weighted by Gasteiger charge is 2.59. The van der Waals surface area contributed by atoms with Gasteiger partial charge in [-0.25, -0.2) is 19.9 Å². The Morgan fingerprint density at radius 1 is 1.05 bits per heavy atom. The van der Waals surface area contributed by atoms with Gasteiger partial charge in [-0.3, -0.25) is 4.79 Å². The van der Waals surface area contributed by atoms with Gasteiger partial charge in [-0.1, -0.05) is 20.3 Å². The van der Waals surface area contributed by atoms with Crippen molar-refractivity contribution in [2.75, 3.05) is 36.0 Å². The van der Waals surface area contributed by atoms with Crippen LogP contribution in [-0.2, 0) is 14.9 Å². The third-order valence-electron chi connectivity index (χ3n) is 9.15. The lowest BCUT2D eigenvalue weighted by atomic mass is 9.66. The summed E-state index contributed by atoms with van der Waals surface area (Å²) in [4.78, 5) is 38.1. The number of nitriles is 1. The Hall–Kier alpha value is -3.32. The van der Waals surface area contributed by atoms with Crippen LogP contribution >= 0.6 is 0 Å². The maximum absolute atomic E-state index is 13.5. The summed E-state index contributed by atoms with van der Waals surface area (Å²) in [6, 6.07) is 4.03.